The van der Waals surface area contributed by atoms with Crippen molar-refractivity contribution in [2.45, 2.75) is 25.7 Å². The molecule has 0 fully saturated rings. The van der Waals surface area contributed by atoms with E-state index in [1.165, 1.54) is 30.2 Å². The number of aromatic nitrogens is 3. The van der Waals surface area contributed by atoms with Gasteiger partial charge in [0, 0.05) is 16.8 Å². The number of aryl methyl sites for hydroxylation is 2. The molecule has 4 nitrogen and oxygen atoms in total. The molecule has 2 heterocycles. The Bertz CT molecular complexity index is 856. The molecule has 0 unspecified atom stereocenters. The van der Waals surface area contributed by atoms with Crippen LogP contribution in [0.2, 0.25) is 0 Å². The number of halogens is 1. The fourth-order valence-corrected chi connectivity index (χ4v) is 3.10. The number of ether oxygens (including phenoxy) is 1. The van der Waals surface area contributed by atoms with Crippen LogP contribution in [-0.2, 0) is 12.8 Å². The number of hydrogen-bond donors (Lipinski definition) is 1. The molecule has 0 aliphatic heterocycles. The maximum atomic E-state index is 14.1. The van der Waals surface area contributed by atoms with Crippen molar-refractivity contribution in [2.24, 2.45) is 0 Å². The van der Waals surface area contributed by atoms with Crippen molar-refractivity contribution in [3.8, 4) is 17.0 Å². The van der Waals surface area contributed by atoms with Gasteiger partial charge in [0.1, 0.15) is 17.1 Å². The van der Waals surface area contributed by atoms with Gasteiger partial charge in [0.15, 0.2) is 5.65 Å². The van der Waals surface area contributed by atoms with E-state index in [-0.39, 0.29) is 5.82 Å². The highest BCUT2D eigenvalue weighted by Crippen LogP contribution is 2.30. The van der Waals surface area contributed by atoms with Crippen LogP contribution in [-0.4, -0.2) is 22.1 Å². The number of hydrogen-bond acceptors (Lipinski definition) is 3. The van der Waals surface area contributed by atoms with Crippen LogP contribution in [0.25, 0.3) is 22.4 Å². The molecule has 22 heavy (non-hydrogen) atoms. The Labute approximate surface area is 127 Å². The van der Waals surface area contributed by atoms with Gasteiger partial charge in [-0.1, -0.05) is 0 Å². The molecule has 1 N–H and O–H groups in total. The summed E-state index contributed by atoms with van der Waals surface area (Å²) in [5.41, 5.74) is 5.08. The fourth-order valence-electron chi connectivity index (χ4n) is 3.10. The van der Waals surface area contributed by atoms with Crippen molar-refractivity contribution >= 4 is 11.2 Å². The molecule has 1 aliphatic carbocycles. The number of methoxy groups -OCH3 is 1. The van der Waals surface area contributed by atoms with Crippen LogP contribution >= 0.6 is 0 Å². The molecule has 1 aromatic carbocycles. The zero-order valence-corrected chi connectivity index (χ0v) is 12.3. The normalized spacial score (nSPS) is 14.1. The molecule has 3 aromatic rings. The van der Waals surface area contributed by atoms with E-state index in [9.17, 15) is 4.39 Å². The zero-order valence-electron chi connectivity index (χ0n) is 12.3. The first-order chi connectivity index (χ1) is 10.8. The Morgan fingerprint density at radius 3 is 2.95 bits per heavy atom. The average molecular weight is 297 g/mol. The summed E-state index contributed by atoms with van der Waals surface area (Å²) in [5, 5.41) is 0. The molecule has 4 rings (SSSR count). The van der Waals surface area contributed by atoms with E-state index in [0.717, 1.165) is 24.0 Å². The van der Waals surface area contributed by atoms with Crippen LogP contribution < -0.4 is 4.74 Å². The Morgan fingerprint density at radius 2 is 2.09 bits per heavy atom. The highest BCUT2D eigenvalue weighted by atomic mass is 19.1. The SMILES string of the molecule is COc1ccc(F)c(-c2cnc3[nH]c4c(c3n2)CCCC4)c1. The third kappa shape index (κ3) is 2.04. The molecule has 0 spiro atoms. The minimum absolute atomic E-state index is 0.321. The zero-order chi connectivity index (χ0) is 15.1. The summed E-state index contributed by atoms with van der Waals surface area (Å²) in [6.45, 7) is 0. The molecule has 0 bridgehead atoms. The molecule has 0 radical (unpaired) electrons. The molecular formula is C17H16FN3O. The molecular weight excluding hydrogens is 281 g/mol. The van der Waals surface area contributed by atoms with Gasteiger partial charge in [-0.3, -0.25) is 0 Å². The topological polar surface area (TPSA) is 50.8 Å². The van der Waals surface area contributed by atoms with Gasteiger partial charge in [0.25, 0.3) is 0 Å². The van der Waals surface area contributed by atoms with Crippen LogP contribution in [0.5, 0.6) is 5.75 Å². The highest BCUT2D eigenvalue weighted by Gasteiger charge is 2.18. The second-order valence-electron chi connectivity index (χ2n) is 5.59. The molecule has 2 aromatic heterocycles. The van der Waals surface area contributed by atoms with Gasteiger partial charge in [-0.05, 0) is 43.9 Å². The Balaban J connectivity index is 1.89. The highest BCUT2D eigenvalue weighted by molar-refractivity contribution is 5.80. The van der Waals surface area contributed by atoms with E-state index in [4.69, 9.17) is 4.74 Å². The molecule has 0 saturated heterocycles. The summed E-state index contributed by atoms with van der Waals surface area (Å²) in [6, 6.07) is 4.65. The summed E-state index contributed by atoms with van der Waals surface area (Å²) < 4.78 is 19.3. The van der Waals surface area contributed by atoms with E-state index in [1.54, 1.807) is 25.4 Å². The molecule has 0 atom stereocenters. The predicted octanol–water partition coefficient (Wildman–Crippen LogP) is 3.65. The Morgan fingerprint density at radius 1 is 1.23 bits per heavy atom. The van der Waals surface area contributed by atoms with Crippen molar-refractivity contribution in [1.82, 2.24) is 15.0 Å². The number of benzene rings is 1. The Hall–Kier alpha value is -2.43. The summed E-state index contributed by atoms with van der Waals surface area (Å²) in [6.07, 6.45) is 6.02. The van der Waals surface area contributed by atoms with Crippen LogP contribution in [0.4, 0.5) is 4.39 Å². The number of nitrogens with one attached hydrogen (secondary N) is 1. The maximum absolute atomic E-state index is 14.1. The number of rotatable bonds is 2. The van der Waals surface area contributed by atoms with E-state index < -0.39 is 0 Å². The summed E-state index contributed by atoms with van der Waals surface area (Å²) in [4.78, 5) is 12.4. The van der Waals surface area contributed by atoms with Gasteiger partial charge in [-0.2, -0.15) is 0 Å². The molecule has 112 valence electrons. The smallest absolute Gasteiger partial charge is 0.156 e. The van der Waals surface area contributed by atoms with Gasteiger partial charge < -0.3 is 9.72 Å². The van der Waals surface area contributed by atoms with Crippen LogP contribution in [0.3, 0.4) is 0 Å². The summed E-state index contributed by atoms with van der Waals surface area (Å²) >= 11 is 0. The lowest BCUT2D eigenvalue weighted by Gasteiger charge is -2.10. The molecule has 0 amide bonds. The first-order valence-corrected chi connectivity index (χ1v) is 7.46. The van der Waals surface area contributed by atoms with Crippen molar-refractivity contribution in [2.75, 3.05) is 7.11 Å². The van der Waals surface area contributed by atoms with Gasteiger partial charge in [-0.25, -0.2) is 14.4 Å². The second-order valence-corrected chi connectivity index (χ2v) is 5.59. The van der Waals surface area contributed by atoms with E-state index in [2.05, 4.69) is 15.0 Å². The average Bonchev–Trinajstić information content (AvgIpc) is 2.93. The van der Waals surface area contributed by atoms with Crippen molar-refractivity contribution in [3.63, 3.8) is 0 Å². The minimum atomic E-state index is -0.321. The van der Waals surface area contributed by atoms with Crippen molar-refractivity contribution in [3.05, 3.63) is 41.5 Å². The number of aromatic amines is 1. The van der Waals surface area contributed by atoms with Gasteiger partial charge >= 0.3 is 0 Å². The number of H-pyrrole nitrogens is 1. The van der Waals surface area contributed by atoms with Crippen molar-refractivity contribution < 1.29 is 9.13 Å². The summed E-state index contributed by atoms with van der Waals surface area (Å²) in [7, 11) is 1.56. The number of fused-ring (bicyclic) bond motifs is 3. The van der Waals surface area contributed by atoms with Gasteiger partial charge in [-0.15, -0.1) is 0 Å². The van der Waals surface area contributed by atoms with Gasteiger partial charge in [0.05, 0.1) is 19.0 Å². The third-order valence-electron chi connectivity index (χ3n) is 4.24. The third-order valence-corrected chi connectivity index (χ3v) is 4.24. The molecule has 0 saturated carbocycles. The second kappa shape index (κ2) is 5.09. The van der Waals surface area contributed by atoms with E-state index in [0.29, 0.717) is 17.0 Å². The first kappa shape index (κ1) is 13.2. The lowest BCUT2D eigenvalue weighted by atomic mass is 9.97. The van der Waals surface area contributed by atoms with Gasteiger partial charge in [0.2, 0.25) is 0 Å². The fraction of sp³-hybridized carbons (Fsp3) is 0.294. The monoisotopic (exact) mass is 297 g/mol. The standard InChI is InChI=1S/C17H16FN3O/c1-22-10-6-7-13(18)12(8-10)15-9-19-17-16(20-15)11-4-2-3-5-14(11)21-17/h6-9H,2-5H2,1H3,(H,19,21). The lowest BCUT2D eigenvalue weighted by Crippen LogP contribution is -2.00. The lowest BCUT2D eigenvalue weighted by molar-refractivity contribution is 0.414. The molecule has 5 heteroatoms. The molecule has 1 aliphatic rings. The summed E-state index contributed by atoms with van der Waals surface area (Å²) in [5.74, 6) is 0.285. The van der Waals surface area contributed by atoms with E-state index >= 15 is 0 Å². The minimum Gasteiger partial charge on any atom is -0.497 e. The van der Waals surface area contributed by atoms with E-state index in [1.807, 2.05) is 0 Å². The van der Waals surface area contributed by atoms with Crippen LogP contribution in [0, 0.1) is 5.82 Å². The van der Waals surface area contributed by atoms with Crippen LogP contribution in [0.1, 0.15) is 24.1 Å². The Kier molecular flexibility index (Phi) is 3.06. The van der Waals surface area contributed by atoms with Crippen LogP contribution in [0.15, 0.2) is 24.4 Å². The largest absolute Gasteiger partial charge is 0.497 e. The quantitative estimate of drug-likeness (QED) is 0.785. The van der Waals surface area contributed by atoms with Crippen molar-refractivity contribution in [1.29, 1.82) is 0 Å². The predicted molar refractivity (Wildman–Crippen MR) is 82.5 cm³/mol. The first-order valence-electron chi connectivity index (χ1n) is 7.46. The number of nitrogens with zero attached hydrogens (tertiary/aromatic N) is 2. The maximum Gasteiger partial charge on any atom is 0.156 e.